The van der Waals surface area contributed by atoms with Crippen LogP contribution in [0.4, 0.5) is 10.1 Å². The molecule has 0 aliphatic carbocycles. The molecule has 2 aromatic rings. The monoisotopic (exact) mass is 631 g/mol. The molecule has 0 aromatic heterocycles. The Hall–Kier alpha value is -3.59. The number of aryl methyl sites for hydroxylation is 1. The molecule has 2 aromatic carbocycles. The number of carbonyl (C=O) groups is 2. The van der Waals surface area contributed by atoms with Gasteiger partial charge in [0.1, 0.15) is 17.0 Å². The van der Waals surface area contributed by atoms with Gasteiger partial charge < -0.3 is 15.4 Å². The molecule has 5 atom stereocenters. The number of allylic oxidation sites excluding steroid dienone is 4. The summed E-state index contributed by atoms with van der Waals surface area (Å²) in [4.78, 5) is 27.1. The molecule has 3 unspecified atom stereocenters. The zero-order chi connectivity index (χ0) is 33.9. The van der Waals surface area contributed by atoms with E-state index in [4.69, 9.17) is 4.74 Å². The summed E-state index contributed by atoms with van der Waals surface area (Å²) in [5.74, 6) is -1.61. The van der Waals surface area contributed by atoms with Crippen molar-refractivity contribution in [2.24, 2.45) is 17.3 Å². The maximum Gasteiger partial charge on any atom is 0.242 e. The Morgan fingerprint density at radius 1 is 1.22 bits per heavy atom. The molecule has 1 aliphatic rings. The van der Waals surface area contributed by atoms with Crippen LogP contribution in [0.3, 0.4) is 0 Å². The van der Waals surface area contributed by atoms with Gasteiger partial charge in [-0.25, -0.2) is 4.39 Å². The van der Waals surface area contributed by atoms with Gasteiger partial charge in [0.05, 0.1) is 24.9 Å². The number of nitriles is 1. The number of methoxy groups -OCH3 is 1. The lowest BCUT2D eigenvalue weighted by Crippen LogP contribution is -2.45. The van der Waals surface area contributed by atoms with Crippen LogP contribution < -0.4 is 15.4 Å². The fourth-order valence-corrected chi connectivity index (χ4v) is 6.47. The summed E-state index contributed by atoms with van der Waals surface area (Å²) in [7, 11) is 4.22. The second-order valence-corrected chi connectivity index (χ2v) is 14.2. The number of ether oxygens (including phenoxy) is 1. The summed E-state index contributed by atoms with van der Waals surface area (Å²) in [6.07, 6.45) is 3.94. The second-order valence-electron chi connectivity index (χ2n) is 13.6. The van der Waals surface area contributed by atoms with Crippen LogP contribution in [0.1, 0.15) is 76.4 Å². The molecule has 45 heavy (non-hydrogen) atoms. The average Bonchev–Trinajstić information content (AvgIpc) is 3.27. The van der Waals surface area contributed by atoms with Crippen LogP contribution >= 0.6 is 9.24 Å². The predicted octanol–water partition coefficient (Wildman–Crippen LogP) is 8.06. The van der Waals surface area contributed by atoms with Crippen molar-refractivity contribution in [3.8, 4) is 11.8 Å². The van der Waals surface area contributed by atoms with Crippen molar-refractivity contribution in [3.63, 3.8) is 0 Å². The van der Waals surface area contributed by atoms with Crippen LogP contribution in [0.15, 0.2) is 71.6 Å². The van der Waals surface area contributed by atoms with E-state index in [2.05, 4.69) is 53.3 Å². The van der Waals surface area contributed by atoms with Crippen molar-refractivity contribution in [3.05, 3.63) is 94.1 Å². The van der Waals surface area contributed by atoms with Crippen molar-refractivity contribution < 1.29 is 18.7 Å². The zero-order valence-electron chi connectivity index (χ0n) is 28.0. The molecule has 240 valence electrons. The molecule has 2 N–H and O–H groups in total. The molecule has 1 aliphatic heterocycles. The fraction of sp³-hybridized carbons (Fsp3) is 0.432. The van der Waals surface area contributed by atoms with Gasteiger partial charge in [-0.2, -0.15) is 5.26 Å². The number of Topliss-reactive ketones (excluding diaryl/α,β-unsaturated/α-hetero) is 1. The SMILES string of the molecule is C=C/C=C(\C(P)=C(C)C)C1[C@H](C(=O)Nc2ccc(C(=O)C(C)C)cc2OC)NC(CC(C)(C)C)[C@]1(C#N)c1ccc(C)cc1F. The Balaban J connectivity index is 2.31. The summed E-state index contributed by atoms with van der Waals surface area (Å²) < 4.78 is 21.7. The van der Waals surface area contributed by atoms with Gasteiger partial charge in [-0.3, -0.25) is 9.59 Å². The van der Waals surface area contributed by atoms with Gasteiger partial charge in [0.15, 0.2) is 5.78 Å². The Bertz CT molecular complexity index is 1580. The molecule has 1 amide bonds. The number of hydrogen-bond acceptors (Lipinski definition) is 5. The minimum absolute atomic E-state index is 0.0402. The average molecular weight is 632 g/mol. The highest BCUT2D eigenvalue weighted by atomic mass is 31.0. The van der Waals surface area contributed by atoms with Gasteiger partial charge in [0.25, 0.3) is 0 Å². The maximum absolute atomic E-state index is 16.1. The minimum atomic E-state index is -1.46. The highest BCUT2D eigenvalue weighted by molar-refractivity contribution is 7.23. The molecule has 1 fully saturated rings. The van der Waals surface area contributed by atoms with Crippen molar-refractivity contribution in [2.45, 2.75) is 79.3 Å². The van der Waals surface area contributed by atoms with Gasteiger partial charge in [0.2, 0.25) is 5.91 Å². The molecule has 3 rings (SSSR count). The van der Waals surface area contributed by atoms with E-state index in [0.29, 0.717) is 29.0 Å². The number of nitrogens with one attached hydrogen (secondary N) is 2. The summed E-state index contributed by atoms with van der Waals surface area (Å²) in [5, 5.41) is 18.5. The van der Waals surface area contributed by atoms with Gasteiger partial charge in [-0.15, -0.1) is 9.24 Å². The Kier molecular flexibility index (Phi) is 11.3. The van der Waals surface area contributed by atoms with Gasteiger partial charge in [-0.05, 0) is 73.3 Å². The van der Waals surface area contributed by atoms with E-state index in [1.165, 1.54) is 13.2 Å². The number of carbonyl (C=O) groups excluding carboxylic acids is 2. The first-order chi connectivity index (χ1) is 21.0. The third-order valence-corrected chi connectivity index (χ3v) is 9.27. The number of halogens is 1. The van der Waals surface area contributed by atoms with Crippen molar-refractivity contribution >= 4 is 26.6 Å². The quantitative estimate of drug-likeness (QED) is 0.157. The van der Waals surface area contributed by atoms with Gasteiger partial charge in [0, 0.05) is 29.0 Å². The summed E-state index contributed by atoms with van der Waals surface area (Å²) in [5.41, 5.74) is 1.78. The lowest BCUT2D eigenvalue weighted by Gasteiger charge is -2.38. The molecule has 8 heteroatoms. The molecule has 1 heterocycles. The minimum Gasteiger partial charge on any atom is -0.495 e. The second kappa shape index (κ2) is 14.2. The predicted molar refractivity (Wildman–Crippen MR) is 184 cm³/mol. The molecule has 0 bridgehead atoms. The van der Waals surface area contributed by atoms with Crippen LogP contribution in [0.2, 0.25) is 0 Å². The summed E-state index contributed by atoms with van der Waals surface area (Å²) in [6, 6.07) is 10.9. The molecule has 1 saturated heterocycles. The van der Waals surface area contributed by atoms with Crippen molar-refractivity contribution in [2.75, 3.05) is 12.4 Å². The molecule has 0 spiro atoms. The first-order valence-corrected chi connectivity index (χ1v) is 15.8. The summed E-state index contributed by atoms with van der Waals surface area (Å²) in [6.45, 7) is 19.5. The normalized spacial score (nSPS) is 21.7. The maximum atomic E-state index is 16.1. The lowest BCUT2D eigenvalue weighted by atomic mass is 9.62. The van der Waals surface area contributed by atoms with E-state index >= 15 is 4.39 Å². The van der Waals surface area contributed by atoms with Crippen LogP contribution in [-0.2, 0) is 10.2 Å². The standard InChI is InChI=1S/C37H47FN3O3P/c1-11-12-25(34(45)22(4)5)31-32(35(43)40-28-16-14-24(18-29(28)44-10)33(42)21(2)3)41-30(19-36(7,8)9)37(31,20-39)26-15-13-23(6)17-27(26)38/h11-18,21,30-32,41H,1,19,45H2,2-10H3,(H,40,43)/b25-12-/t30?,31?,32-,37+/m1/s1. The van der Waals surface area contributed by atoms with E-state index in [1.54, 1.807) is 43.3 Å². The van der Waals surface area contributed by atoms with E-state index in [9.17, 15) is 14.9 Å². The molecular formula is C37H47FN3O3P. The van der Waals surface area contributed by atoms with Gasteiger partial charge in [-0.1, -0.05) is 71.1 Å². The largest absolute Gasteiger partial charge is 0.495 e. The smallest absolute Gasteiger partial charge is 0.242 e. The zero-order valence-corrected chi connectivity index (χ0v) is 29.1. The number of ketones is 1. The molecule has 6 nitrogen and oxygen atoms in total. The first-order valence-electron chi connectivity index (χ1n) is 15.2. The van der Waals surface area contributed by atoms with Crippen LogP contribution in [0, 0.1) is 41.3 Å². The van der Waals surface area contributed by atoms with Crippen LogP contribution in [0.5, 0.6) is 5.75 Å². The molecule has 0 radical (unpaired) electrons. The Morgan fingerprint density at radius 2 is 1.89 bits per heavy atom. The third kappa shape index (κ3) is 7.46. The van der Waals surface area contributed by atoms with E-state index in [0.717, 1.165) is 16.5 Å². The van der Waals surface area contributed by atoms with E-state index in [-0.39, 0.29) is 22.7 Å². The third-order valence-electron chi connectivity index (χ3n) is 8.36. The van der Waals surface area contributed by atoms with E-state index < -0.39 is 35.1 Å². The van der Waals surface area contributed by atoms with Crippen LogP contribution in [-0.4, -0.2) is 30.9 Å². The summed E-state index contributed by atoms with van der Waals surface area (Å²) >= 11 is 0. The number of nitrogens with zero attached hydrogens (tertiary/aromatic N) is 1. The Morgan fingerprint density at radius 3 is 2.40 bits per heavy atom. The molecule has 0 saturated carbocycles. The van der Waals surface area contributed by atoms with Crippen LogP contribution in [0.25, 0.3) is 0 Å². The number of rotatable bonds is 10. The van der Waals surface area contributed by atoms with E-state index in [1.807, 2.05) is 33.8 Å². The Labute approximate surface area is 270 Å². The highest BCUT2D eigenvalue weighted by Gasteiger charge is 2.61. The topological polar surface area (TPSA) is 91.2 Å². The number of benzene rings is 2. The lowest BCUT2D eigenvalue weighted by molar-refractivity contribution is -0.118. The fourth-order valence-electron chi connectivity index (χ4n) is 6.19. The highest BCUT2D eigenvalue weighted by Crippen LogP contribution is 2.52. The number of amides is 1. The first kappa shape index (κ1) is 35.9. The number of hydrogen-bond donors (Lipinski definition) is 2. The number of anilines is 1. The van der Waals surface area contributed by atoms with Crippen molar-refractivity contribution in [1.82, 2.24) is 5.32 Å². The van der Waals surface area contributed by atoms with Gasteiger partial charge >= 0.3 is 0 Å². The van der Waals surface area contributed by atoms with Crippen molar-refractivity contribution in [1.29, 1.82) is 5.26 Å². The molecular weight excluding hydrogens is 584 g/mol.